The maximum atomic E-state index is 12.0. The minimum Gasteiger partial charge on any atom is -0.465 e. The van der Waals surface area contributed by atoms with Gasteiger partial charge in [-0.2, -0.15) is 0 Å². The molecular formula is C16H28O5. The van der Waals surface area contributed by atoms with Crippen LogP contribution in [0, 0.1) is 17.8 Å². The highest BCUT2D eigenvalue weighted by atomic mass is 16.5. The Balaban J connectivity index is 2.30. The molecule has 2 atom stereocenters. The summed E-state index contributed by atoms with van der Waals surface area (Å²) < 4.78 is 10.3. The van der Waals surface area contributed by atoms with Gasteiger partial charge >= 0.3 is 11.9 Å². The van der Waals surface area contributed by atoms with Crippen LogP contribution in [0.3, 0.4) is 0 Å². The van der Waals surface area contributed by atoms with Crippen LogP contribution in [0.5, 0.6) is 0 Å². The summed E-state index contributed by atoms with van der Waals surface area (Å²) in [5.74, 6) is -0.299. The molecule has 5 heteroatoms. The fourth-order valence-electron chi connectivity index (χ4n) is 2.66. The number of carbonyl (C=O) groups excluding carboxylic acids is 2. The Bertz CT molecular complexity index is 327. The third kappa shape index (κ3) is 6.93. The van der Waals surface area contributed by atoms with Crippen molar-refractivity contribution in [1.29, 1.82) is 0 Å². The monoisotopic (exact) mass is 300 g/mol. The van der Waals surface area contributed by atoms with Gasteiger partial charge in [0.15, 0.2) is 0 Å². The van der Waals surface area contributed by atoms with E-state index >= 15 is 0 Å². The molecule has 1 N–H and O–H groups in total. The average Bonchev–Trinajstić information content (AvgIpc) is 2.48. The number of hydrogen-bond donors (Lipinski definition) is 1. The maximum absolute atomic E-state index is 12.0. The number of rotatable bonds is 8. The fourth-order valence-corrected chi connectivity index (χ4v) is 2.66. The number of aliphatic hydroxyl groups is 1. The van der Waals surface area contributed by atoms with E-state index in [1.807, 2.05) is 0 Å². The molecule has 0 aliphatic heterocycles. The van der Waals surface area contributed by atoms with Crippen LogP contribution in [0.1, 0.15) is 52.4 Å². The Morgan fingerprint density at radius 3 is 2.19 bits per heavy atom. The molecule has 5 nitrogen and oxygen atoms in total. The molecule has 1 saturated carbocycles. The van der Waals surface area contributed by atoms with E-state index in [-0.39, 0.29) is 37.0 Å². The van der Waals surface area contributed by atoms with Crippen LogP contribution in [0.4, 0.5) is 0 Å². The molecule has 0 aromatic rings. The van der Waals surface area contributed by atoms with Crippen LogP contribution in [-0.2, 0) is 19.1 Å². The lowest BCUT2D eigenvalue weighted by molar-refractivity contribution is -0.155. The van der Waals surface area contributed by atoms with Gasteiger partial charge in [-0.1, -0.05) is 20.3 Å². The van der Waals surface area contributed by atoms with Gasteiger partial charge in [-0.15, -0.1) is 0 Å². The second-order valence-corrected chi connectivity index (χ2v) is 6.16. The van der Waals surface area contributed by atoms with E-state index in [0.717, 1.165) is 32.1 Å². The van der Waals surface area contributed by atoms with Gasteiger partial charge in [0.05, 0.1) is 25.0 Å². The Morgan fingerprint density at radius 1 is 1.10 bits per heavy atom. The van der Waals surface area contributed by atoms with Crippen molar-refractivity contribution in [2.75, 3.05) is 19.8 Å². The van der Waals surface area contributed by atoms with Crippen molar-refractivity contribution in [3.05, 3.63) is 0 Å². The van der Waals surface area contributed by atoms with Gasteiger partial charge < -0.3 is 14.6 Å². The third-order valence-corrected chi connectivity index (χ3v) is 3.85. The summed E-state index contributed by atoms with van der Waals surface area (Å²) in [5.41, 5.74) is 0. The summed E-state index contributed by atoms with van der Waals surface area (Å²) in [6, 6.07) is 0. The van der Waals surface area contributed by atoms with E-state index in [1.54, 1.807) is 0 Å². The van der Waals surface area contributed by atoms with Crippen molar-refractivity contribution >= 4 is 11.9 Å². The molecule has 2 unspecified atom stereocenters. The first-order chi connectivity index (χ1) is 10.0. The van der Waals surface area contributed by atoms with Gasteiger partial charge in [-0.05, 0) is 38.0 Å². The minimum atomic E-state index is -0.304. The van der Waals surface area contributed by atoms with Crippen LogP contribution < -0.4 is 0 Å². The summed E-state index contributed by atoms with van der Waals surface area (Å²) in [6.45, 7) is 4.61. The van der Waals surface area contributed by atoms with Gasteiger partial charge in [-0.25, -0.2) is 0 Å². The first kappa shape index (κ1) is 18.0. The maximum Gasteiger partial charge on any atom is 0.309 e. The molecule has 0 spiro atoms. The van der Waals surface area contributed by atoms with Crippen LogP contribution >= 0.6 is 0 Å². The Kier molecular flexibility index (Phi) is 8.35. The molecule has 1 aliphatic rings. The Morgan fingerprint density at radius 2 is 1.67 bits per heavy atom. The highest BCUT2D eigenvalue weighted by molar-refractivity contribution is 5.76. The summed E-state index contributed by atoms with van der Waals surface area (Å²) in [5, 5.41) is 8.66. The Hall–Kier alpha value is -1.10. The summed E-state index contributed by atoms with van der Waals surface area (Å²) in [6.07, 6.45) is 4.82. The van der Waals surface area contributed by atoms with E-state index in [2.05, 4.69) is 13.8 Å². The van der Waals surface area contributed by atoms with Crippen molar-refractivity contribution in [3.8, 4) is 0 Å². The SMILES string of the molecule is CC(C)CCCOC(=O)C1CCCC(C(=O)OCCO)C1. The highest BCUT2D eigenvalue weighted by Crippen LogP contribution is 2.30. The van der Waals surface area contributed by atoms with Crippen molar-refractivity contribution in [2.24, 2.45) is 17.8 Å². The number of esters is 2. The predicted octanol–water partition coefficient (Wildman–Crippen LogP) is 2.31. The molecule has 122 valence electrons. The molecular weight excluding hydrogens is 272 g/mol. The average molecular weight is 300 g/mol. The second-order valence-electron chi connectivity index (χ2n) is 6.16. The molecule has 0 radical (unpaired) electrons. The van der Waals surface area contributed by atoms with Crippen molar-refractivity contribution in [2.45, 2.75) is 52.4 Å². The molecule has 0 amide bonds. The normalized spacial score (nSPS) is 22.1. The Labute approximate surface area is 127 Å². The van der Waals surface area contributed by atoms with E-state index in [1.165, 1.54) is 0 Å². The van der Waals surface area contributed by atoms with Crippen LogP contribution in [-0.4, -0.2) is 36.9 Å². The molecule has 1 rings (SSSR count). The van der Waals surface area contributed by atoms with Crippen molar-refractivity contribution in [1.82, 2.24) is 0 Å². The smallest absolute Gasteiger partial charge is 0.309 e. The van der Waals surface area contributed by atoms with E-state index in [0.29, 0.717) is 18.9 Å². The number of hydrogen-bond acceptors (Lipinski definition) is 5. The zero-order valence-electron chi connectivity index (χ0n) is 13.2. The van der Waals surface area contributed by atoms with Gasteiger partial charge in [0.25, 0.3) is 0 Å². The lowest BCUT2D eigenvalue weighted by Crippen LogP contribution is -2.30. The third-order valence-electron chi connectivity index (χ3n) is 3.85. The van der Waals surface area contributed by atoms with Gasteiger partial charge in [0.1, 0.15) is 6.61 Å². The fraction of sp³-hybridized carbons (Fsp3) is 0.875. The number of carbonyl (C=O) groups is 2. The summed E-state index contributed by atoms with van der Waals surface area (Å²) >= 11 is 0. The molecule has 0 bridgehead atoms. The summed E-state index contributed by atoms with van der Waals surface area (Å²) in [4.78, 5) is 23.8. The zero-order valence-corrected chi connectivity index (χ0v) is 13.2. The van der Waals surface area contributed by atoms with Crippen LogP contribution in [0.15, 0.2) is 0 Å². The van der Waals surface area contributed by atoms with Gasteiger partial charge in [-0.3, -0.25) is 9.59 Å². The molecule has 0 saturated heterocycles. The van der Waals surface area contributed by atoms with E-state index in [9.17, 15) is 9.59 Å². The quantitative estimate of drug-likeness (QED) is 0.550. The van der Waals surface area contributed by atoms with Gasteiger partial charge in [0.2, 0.25) is 0 Å². The summed E-state index contributed by atoms with van der Waals surface area (Å²) in [7, 11) is 0. The zero-order chi connectivity index (χ0) is 15.7. The number of ether oxygens (including phenoxy) is 2. The molecule has 0 aromatic carbocycles. The first-order valence-corrected chi connectivity index (χ1v) is 7.98. The standard InChI is InChI=1S/C16H28O5/c1-12(2)5-4-9-20-15(18)13-6-3-7-14(11-13)16(19)21-10-8-17/h12-14,17H,3-11H2,1-2H3. The van der Waals surface area contributed by atoms with Crippen molar-refractivity contribution in [3.63, 3.8) is 0 Å². The lowest BCUT2D eigenvalue weighted by Gasteiger charge is -2.26. The molecule has 1 aliphatic carbocycles. The molecule has 21 heavy (non-hydrogen) atoms. The highest BCUT2D eigenvalue weighted by Gasteiger charge is 2.32. The predicted molar refractivity (Wildman–Crippen MR) is 78.5 cm³/mol. The van der Waals surface area contributed by atoms with E-state index in [4.69, 9.17) is 14.6 Å². The van der Waals surface area contributed by atoms with Gasteiger partial charge in [0, 0.05) is 0 Å². The minimum absolute atomic E-state index is 0.0274. The lowest BCUT2D eigenvalue weighted by atomic mass is 9.81. The van der Waals surface area contributed by atoms with Crippen LogP contribution in [0.2, 0.25) is 0 Å². The second kappa shape index (κ2) is 9.77. The first-order valence-electron chi connectivity index (χ1n) is 7.98. The van der Waals surface area contributed by atoms with Crippen LogP contribution in [0.25, 0.3) is 0 Å². The topological polar surface area (TPSA) is 72.8 Å². The van der Waals surface area contributed by atoms with E-state index < -0.39 is 0 Å². The largest absolute Gasteiger partial charge is 0.465 e. The molecule has 0 heterocycles. The number of aliphatic hydroxyl groups excluding tert-OH is 1. The van der Waals surface area contributed by atoms with Crippen molar-refractivity contribution < 1.29 is 24.2 Å². The molecule has 1 fully saturated rings. The molecule has 0 aromatic heterocycles.